The molecule has 1 aromatic rings. The molecule has 2 heteroatoms. The van der Waals surface area contributed by atoms with E-state index in [1.165, 1.54) is 36.8 Å². The molecule has 0 aromatic heterocycles. The molecule has 0 heterocycles. The third-order valence-corrected chi connectivity index (χ3v) is 4.16. The van der Waals surface area contributed by atoms with Gasteiger partial charge in [0.1, 0.15) is 0 Å². The van der Waals surface area contributed by atoms with Crippen molar-refractivity contribution in [3.05, 3.63) is 46.5 Å². The van der Waals surface area contributed by atoms with Crippen molar-refractivity contribution in [2.75, 3.05) is 7.05 Å². The molecule has 1 aliphatic carbocycles. The van der Waals surface area contributed by atoms with E-state index in [-0.39, 0.29) is 5.54 Å². The quantitative estimate of drug-likeness (QED) is 0.772. The lowest BCUT2D eigenvalue weighted by Gasteiger charge is -2.40. The summed E-state index contributed by atoms with van der Waals surface area (Å²) in [6, 6.07) is 8.26. The minimum absolute atomic E-state index is 0.0254. The van der Waals surface area contributed by atoms with Crippen molar-refractivity contribution in [2.24, 2.45) is 0 Å². The average molecular weight is 250 g/mol. The van der Waals surface area contributed by atoms with Crippen LogP contribution in [0.2, 0.25) is 5.02 Å². The van der Waals surface area contributed by atoms with Crippen molar-refractivity contribution in [2.45, 2.75) is 38.1 Å². The molecule has 1 atom stereocenters. The van der Waals surface area contributed by atoms with Crippen LogP contribution in [0.4, 0.5) is 0 Å². The van der Waals surface area contributed by atoms with E-state index in [9.17, 15) is 0 Å². The first-order valence-electron chi connectivity index (χ1n) is 6.33. The van der Waals surface area contributed by atoms with Crippen LogP contribution in [0.1, 0.15) is 38.2 Å². The monoisotopic (exact) mass is 249 g/mol. The molecule has 0 bridgehead atoms. The zero-order valence-electron chi connectivity index (χ0n) is 10.6. The lowest BCUT2D eigenvalue weighted by molar-refractivity contribution is 0.333. The average Bonchev–Trinajstić information content (AvgIpc) is 2.39. The van der Waals surface area contributed by atoms with Gasteiger partial charge in [0.2, 0.25) is 0 Å². The van der Waals surface area contributed by atoms with Crippen molar-refractivity contribution in [3.63, 3.8) is 0 Å². The summed E-state index contributed by atoms with van der Waals surface area (Å²) in [6.07, 6.45) is 7.21. The van der Waals surface area contributed by atoms with Gasteiger partial charge in [-0.15, -0.1) is 0 Å². The maximum atomic E-state index is 5.97. The van der Waals surface area contributed by atoms with Gasteiger partial charge in [-0.05, 0) is 50.9 Å². The van der Waals surface area contributed by atoms with E-state index in [0.29, 0.717) is 0 Å². The Morgan fingerprint density at radius 3 is 2.53 bits per heavy atom. The van der Waals surface area contributed by atoms with Gasteiger partial charge in [0.05, 0.1) is 5.54 Å². The molecule has 0 saturated heterocycles. The summed E-state index contributed by atoms with van der Waals surface area (Å²) in [4.78, 5) is 0. The van der Waals surface area contributed by atoms with Crippen molar-refractivity contribution < 1.29 is 0 Å². The van der Waals surface area contributed by atoms with Crippen molar-refractivity contribution >= 4 is 11.6 Å². The largest absolute Gasteiger partial charge is 0.307 e. The van der Waals surface area contributed by atoms with Gasteiger partial charge in [0.25, 0.3) is 0 Å². The molecule has 1 aromatic carbocycles. The summed E-state index contributed by atoms with van der Waals surface area (Å²) in [5.41, 5.74) is 2.86. The highest BCUT2D eigenvalue weighted by atomic mass is 35.5. The summed E-state index contributed by atoms with van der Waals surface area (Å²) in [7, 11) is 2.06. The first kappa shape index (κ1) is 12.7. The second kappa shape index (κ2) is 5.24. The van der Waals surface area contributed by atoms with Crippen LogP contribution in [0.25, 0.3) is 0 Å². The van der Waals surface area contributed by atoms with Crippen LogP contribution in [0.5, 0.6) is 0 Å². The molecule has 1 nitrogen and oxygen atoms in total. The number of benzene rings is 1. The minimum Gasteiger partial charge on any atom is -0.307 e. The van der Waals surface area contributed by atoms with Gasteiger partial charge in [0, 0.05) is 5.02 Å². The van der Waals surface area contributed by atoms with Gasteiger partial charge in [-0.3, -0.25) is 0 Å². The minimum atomic E-state index is 0.0254. The smallest absolute Gasteiger partial charge is 0.0647 e. The van der Waals surface area contributed by atoms with Crippen LogP contribution in [0, 0.1) is 0 Å². The number of hydrogen-bond donors (Lipinski definition) is 1. The van der Waals surface area contributed by atoms with E-state index >= 15 is 0 Å². The number of nitrogens with one attached hydrogen (secondary N) is 1. The number of allylic oxidation sites excluding steroid dienone is 1. The molecule has 1 aliphatic rings. The molecule has 0 aliphatic heterocycles. The highest BCUT2D eigenvalue weighted by molar-refractivity contribution is 6.30. The fourth-order valence-electron chi connectivity index (χ4n) is 2.96. The molecule has 0 unspecified atom stereocenters. The first-order chi connectivity index (χ1) is 8.23. The Kier molecular flexibility index (Phi) is 3.90. The van der Waals surface area contributed by atoms with Gasteiger partial charge in [-0.25, -0.2) is 0 Å². The Morgan fingerprint density at radius 1 is 1.24 bits per heavy atom. The first-order valence-corrected chi connectivity index (χ1v) is 6.71. The molecule has 1 fully saturated rings. The molecule has 17 heavy (non-hydrogen) atoms. The molecular formula is C15H20ClN. The van der Waals surface area contributed by atoms with E-state index in [1.807, 2.05) is 12.1 Å². The van der Waals surface area contributed by atoms with Crippen molar-refractivity contribution in [1.29, 1.82) is 0 Å². The predicted octanol–water partition coefficient (Wildman–Crippen LogP) is 4.28. The molecular weight excluding hydrogens is 230 g/mol. The number of likely N-dealkylation sites (N-methyl/N-ethyl adjacent to an activating group) is 1. The van der Waals surface area contributed by atoms with Gasteiger partial charge in [-0.2, -0.15) is 0 Å². The molecule has 0 amide bonds. The van der Waals surface area contributed by atoms with E-state index in [1.54, 1.807) is 0 Å². The molecule has 0 radical (unpaired) electrons. The third-order valence-electron chi connectivity index (χ3n) is 3.91. The summed E-state index contributed by atoms with van der Waals surface area (Å²) in [5.74, 6) is 0. The van der Waals surface area contributed by atoms with Gasteiger partial charge in [0.15, 0.2) is 0 Å². The molecule has 1 saturated carbocycles. The third kappa shape index (κ3) is 2.27. The van der Waals surface area contributed by atoms with E-state index in [0.717, 1.165) is 5.02 Å². The van der Waals surface area contributed by atoms with Crippen LogP contribution in [-0.2, 0) is 5.54 Å². The molecule has 1 N–H and O–H groups in total. The topological polar surface area (TPSA) is 12.0 Å². The highest BCUT2D eigenvalue weighted by Gasteiger charge is 2.35. The molecule has 92 valence electrons. The van der Waals surface area contributed by atoms with E-state index in [2.05, 4.69) is 37.5 Å². The fourth-order valence-corrected chi connectivity index (χ4v) is 3.09. The lowest BCUT2D eigenvalue weighted by atomic mass is 9.73. The fraction of sp³-hybridized carbons (Fsp3) is 0.467. The maximum Gasteiger partial charge on any atom is 0.0647 e. The Hall–Kier alpha value is -0.790. The van der Waals surface area contributed by atoms with Crippen LogP contribution in [0.3, 0.4) is 0 Å². The van der Waals surface area contributed by atoms with E-state index < -0.39 is 0 Å². The van der Waals surface area contributed by atoms with Crippen LogP contribution in [0.15, 0.2) is 35.9 Å². The summed E-state index contributed by atoms with van der Waals surface area (Å²) in [6.45, 7) is 2.14. The van der Waals surface area contributed by atoms with Crippen molar-refractivity contribution in [1.82, 2.24) is 5.32 Å². The van der Waals surface area contributed by atoms with Crippen LogP contribution >= 0.6 is 11.6 Å². The van der Waals surface area contributed by atoms with Crippen LogP contribution in [-0.4, -0.2) is 7.05 Å². The van der Waals surface area contributed by atoms with Crippen LogP contribution < -0.4 is 5.32 Å². The SMILES string of the molecule is C/C=C1/CCCC[C@]1(NC)c1ccc(Cl)cc1. The molecule has 0 spiro atoms. The summed E-state index contributed by atoms with van der Waals surface area (Å²) < 4.78 is 0. The number of halogens is 1. The normalized spacial score (nSPS) is 27.4. The number of rotatable bonds is 2. The predicted molar refractivity (Wildman–Crippen MR) is 74.4 cm³/mol. The van der Waals surface area contributed by atoms with Gasteiger partial charge < -0.3 is 5.32 Å². The standard InChI is InChI=1S/C15H20ClN/c1-3-12-6-4-5-11-15(12,17-2)13-7-9-14(16)10-8-13/h3,7-10,17H,4-6,11H2,1-2H3/b12-3-/t15-/m1/s1. The Balaban J connectivity index is 2.45. The summed E-state index contributed by atoms with van der Waals surface area (Å²) >= 11 is 5.97. The maximum absolute atomic E-state index is 5.97. The second-order valence-electron chi connectivity index (χ2n) is 4.68. The number of hydrogen-bond acceptors (Lipinski definition) is 1. The molecule has 2 rings (SSSR count). The highest BCUT2D eigenvalue weighted by Crippen LogP contribution is 2.41. The Bertz CT molecular complexity index is 407. The Morgan fingerprint density at radius 2 is 1.94 bits per heavy atom. The van der Waals surface area contributed by atoms with Crippen molar-refractivity contribution in [3.8, 4) is 0 Å². The second-order valence-corrected chi connectivity index (χ2v) is 5.12. The van der Waals surface area contributed by atoms with Gasteiger partial charge >= 0.3 is 0 Å². The lowest BCUT2D eigenvalue weighted by Crippen LogP contribution is -2.43. The zero-order chi connectivity index (χ0) is 12.3. The summed E-state index contributed by atoms with van der Waals surface area (Å²) in [5, 5.41) is 4.35. The van der Waals surface area contributed by atoms with E-state index in [4.69, 9.17) is 11.6 Å². The van der Waals surface area contributed by atoms with Gasteiger partial charge in [-0.1, -0.05) is 41.8 Å². The Labute approximate surface area is 109 Å². The zero-order valence-corrected chi connectivity index (χ0v) is 11.3.